The van der Waals surface area contributed by atoms with Gasteiger partial charge >= 0.3 is 5.97 Å². The van der Waals surface area contributed by atoms with Crippen LogP contribution in [0.5, 0.6) is 0 Å². The zero-order valence-electron chi connectivity index (χ0n) is 17.0. The van der Waals surface area contributed by atoms with E-state index < -0.39 is 17.9 Å². The van der Waals surface area contributed by atoms with Gasteiger partial charge in [0.2, 0.25) is 5.91 Å². The molecule has 0 saturated carbocycles. The van der Waals surface area contributed by atoms with Gasteiger partial charge in [-0.3, -0.25) is 9.59 Å². The lowest BCUT2D eigenvalue weighted by molar-refractivity contribution is -0.149. The average molecular weight is 414 g/mol. The standard InChI is InChI=1S/C23H27NO4S/c1-16(20-12-8-5-9-13-20)21(15-29-18(3)25)22(26)24-17(2)23(27)28-14-19-10-6-4-7-11-19/h4-13,16-17,21H,14-15H2,1-3H3,(H,24,26)/t16?,17-,21?/m0/s1. The molecule has 2 aromatic carbocycles. The lowest BCUT2D eigenvalue weighted by Crippen LogP contribution is -2.44. The van der Waals surface area contributed by atoms with E-state index in [0.717, 1.165) is 22.9 Å². The van der Waals surface area contributed by atoms with Crippen LogP contribution in [-0.2, 0) is 25.7 Å². The summed E-state index contributed by atoms with van der Waals surface area (Å²) >= 11 is 1.12. The average Bonchev–Trinajstić information content (AvgIpc) is 2.73. The number of rotatable bonds is 9. The molecule has 0 heterocycles. The fourth-order valence-corrected chi connectivity index (χ4v) is 3.73. The molecule has 5 nitrogen and oxygen atoms in total. The van der Waals surface area contributed by atoms with E-state index in [1.165, 1.54) is 6.92 Å². The first kappa shape index (κ1) is 22.7. The molecule has 0 aliphatic carbocycles. The number of amides is 1. The summed E-state index contributed by atoms with van der Waals surface area (Å²) in [6.45, 7) is 5.20. The van der Waals surface area contributed by atoms with Gasteiger partial charge < -0.3 is 10.1 Å². The molecular weight excluding hydrogens is 386 g/mol. The second-order valence-corrected chi connectivity index (χ2v) is 8.13. The Morgan fingerprint density at radius 3 is 2.14 bits per heavy atom. The van der Waals surface area contributed by atoms with E-state index in [0.29, 0.717) is 5.75 Å². The predicted molar refractivity (Wildman–Crippen MR) is 115 cm³/mol. The number of esters is 1. The largest absolute Gasteiger partial charge is 0.459 e. The van der Waals surface area contributed by atoms with Crippen molar-refractivity contribution in [2.24, 2.45) is 5.92 Å². The Morgan fingerprint density at radius 1 is 0.966 bits per heavy atom. The predicted octanol–water partition coefficient (Wildman–Crippen LogP) is 3.93. The summed E-state index contributed by atoms with van der Waals surface area (Å²) in [6, 6.07) is 18.3. The van der Waals surface area contributed by atoms with Gasteiger partial charge in [-0.1, -0.05) is 79.3 Å². The van der Waals surface area contributed by atoms with E-state index in [1.807, 2.05) is 67.6 Å². The molecule has 154 valence electrons. The molecule has 2 aromatic rings. The van der Waals surface area contributed by atoms with Gasteiger partial charge in [0.15, 0.2) is 5.12 Å². The number of carbonyl (C=O) groups is 3. The fraction of sp³-hybridized carbons (Fsp3) is 0.348. The van der Waals surface area contributed by atoms with Gasteiger partial charge in [0.25, 0.3) is 0 Å². The highest BCUT2D eigenvalue weighted by Gasteiger charge is 2.29. The first-order chi connectivity index (χ1) is 13.9. The normalized spacial score (nSPS) is 13.8. The maximum Gasteiger partial charge on any atom is 0.328 e. The van der Waals surface area contributed by atoms with Crippen LogP contribution in [0.1, 0.15) is 37.8 Å². The molecule has 0 radical (unpaired) electrons. The van der Waals surface area contributed by atoms with E-state index >= 15 is 0 Å². The molecule has 0 saturated heterocycles. The van der Waals surface area contributed by atoms with E-state index in [-0.39, 0.29) is 23.5 Å². The maximum atomic E-state index is 12.9. The van der Waals surface area contributed by atoms with Crippen molar-refractivity contribution in [3.63, 3.8) is 0 Å². The lowest BCUT2D eigenvalue weighted by Gasteiger charge is -2.24. The highest BCUT2D eigenvalue weighted by Crippen LogP contribution is 2.28. The molecule has 0 aromatic heterocycles. The first-order valence-electron chi connectivity index (χ1n) is 9.57. The number of nitrogens with one attached hydrogen (secondary N) is 1. The zero-order chi connectivity index (χ0) is 21.2. The number of hydrogen-bond donors (Lipinski definition) is 1. The minimum Gasteiger partial charge on any atom is -0.459 e. The Bertz CT molecular complexity index is 810. The van der Waals surface area contributed by atoms with E-state index in [1.54, 1.807) is 6.92 Å². The second-order valence-electron chi connectivity index (χ2n) is 6.93. The number of carbonyl (C=O) groups excluding carboxylic acids is 3. The van der Waals surface area contributed by atoms with Gasteiger partial charge in [-0.2, -0.15) is 0 Å². The Hall–Kier alpha value is -2.60. The van der Waals surface area contributed by atoms with Crippen molar-refractivity contribution < 1.29 is 19.1 Å². The van der Waals surface area contributed by atoms with Crippen LogP contribution in [0.3, 0.4) is 0 Å². The molecule has 0 aliphatic rings. The van der Waals surface area contributed by atoms with Crippen molar-refractivity contribution >= 4 is 28.8 Å². The SMILES string of the molecule is CC(=O)SCC(C(=O)N[C@@H](C)C(=O)OCc1ccccc1)C(C)c1ccccc1. The van der Waals surface area contributed by atoms with Crippen LogP contribution in [0.25, 0.3) is 0 Å². The molecule has 1 N–H and O–H groups in total. The summed E-state index contributed by atoms with van der Waals surface area (Å²) in [5.41, 5.74) is 1.89. The molecule has 6 heteroatoms. The van der Waals surface area contributed by atoms with Gasteiger partial charge in [0.05, 0.1) is 5.92 Å². The van der Waals surface area contributed by atoms with Crippen molar-refractivity contribution in [3.8, 4) is 0 Å². The molecule has 2 rings (SSSR count). The molecule has 3 atom stereocenters. The van der Waals surface area contributed by atoms with Crippen LogP contribution in [0, 0.1) is 5.92 Å². The van der Waals surface area contributed by atoms with Crippen molar-refractivity contribution in [2.45, 2.75) is 39.3 Å². The summed E-state index contributed by atoms with van der Waals surface area (Å²) in [5.74, 6) is -0.957. The minimum absolute atomic E-state index is 0.0432. The molecule has 0 aliphatic heterocycles. The van der Waals surface area contributed by atoms with E-state index in [2.05, 4.69) is 5.32 Å². The Morgan fingerprint density at radius 2 is 1.55 bits per heavy atom. The Kier molecular flexibility index (Phi) is 8.93. The van der Waals surface area contributed by atoms with E-state index in [4.69, 9.17) is 4.74 Å². The first-order valence-corrected chi connectivity index (χ1v) is 10.6. The quantitative estimate of drug-likeness (QED) is 0.631. The monoisotopic (exact) mass is 413 g/mol. The summed E-state index contributed by atoms with van der Waals surface area (Å²) in [5, 5.41) is 2.71. The van der Waals surface area contributed by atoms with Crippen LogP contribution in [0.2, 0.25) is 0 Å². The highest BCUT2D eigenvalue weighted by atomic mass is 32.2. The maximum absolute atomic E-state index is 12.9. The summed E-state index contributed by atoms with van der Waals surface area (Å²) in [4.78, 5) is 36.6. The second kappa shape index (κ2) is 11.4. The van der Waals surface area contributed by atoms with Crippen LogP contribution < -0.4 is 5.32 Å². The molecule has 1 amide bonds. The van der Waals surface area contributed by atoms with Gasteiger partial charge in [-0.25, -0.2) is 4.79 Å². The summed E-state index contributed by atoms with van der Waals surface area (Å²) in [7, 11) is 0. The summed E-state index contributed by atoms with van der Waals surface area (Å²) in [6.07, 6.45) is 0. The van der Waals surface area contributed by atoms with Crippen molar-refractivity contribution in [1.29, 1.82) is 0 Å². The third-order valence-electron chi connectivity index (χ3n) is 4.67. The van der Waals surface area contributed by atoms with Gasteiger partial charge in [0, 0.05) is 12.7 Å². The van der Waals surface area contributed by atoms with Crippen molar-refractivity contribution in [1.82, 2.24) is 5.32 Å². The third-order valence-corrected chi connectivity index (χ3v) is 5.60. The van der Waals surface area contributed by atoms with Gasteiger partial charge in [0.1, 0.15) is 12.6 Å². The number of hydrogen-bond acceptors (Lipinski definition) is 5. The lowest BCUT2D eigenvalue weighted by atomic mass is 9.88. The number of ether oxygens (including phenoxy) is 1. The van der Waals surface area contributed by atoms with Crippen molar-refractivity contribution in [2.75, 3.05) is 5.75 Å². The number of benzene rings is 2. The molecular formula is C23H27NO4S. The molecule has 2 unspecified atom stereocenters. The summed E-state index contributed by atoms with van der Waals surface area (Å²) < 4.78 is 5.30. The topological polar surface area (TPSA) is 72.5 Å². The Labute approximate surface area is 176 Å². The fourth-order valence-electron chi connectivity index (χ4n) is 2.88. The molecule has 0 fully saturated rings. The Balaban J connectivity index is 1.99. The zero-order valence-corrected chi connectivity index (χ0v) is 17.8. The molecule has 0 bridgehead atoms. The van der Waals surface area contributed by atoms with E-state index in [9.17, 15) is 14.4 Å². The molecule has 0 spiro atoms. The third kappa shape index (κ3) is 7.38. The van der Waals surface area contributed by atoms with Gasteiger partial charge in [-0.15, -0.1) is 0 Å². The van der Waals surface area contributed by atoms with Crippen LogP contribution in [0.4, 0.5) is 0 Å². The molecule has 29 heavy (non-hydrogen) atoms. The van der Waals surface area contributed by atoms with Gasteiger partial charge in [-0.05, 0) is 24.0 Å². The van der Waals surface area contributed by atoms with Crippen LogP contribution in [0.15, 0.2) is 60.7 Å². The minimum atomic E-state index is -0.779. The van der Waals surface area contributed by atoms with Crippen molar-refractivity contribution in [3.05, 3.63) is 71.8 Å². The van der Waals surface area contributed by atoms with Crippen LogP contribution in [-0.4, -0.2) is 28.8 Å². The number of thioether (sulfide) groups is 1. The highest BCUT2D eigenvalue weighted by molar-refractivity contribution is 8.13. The smallest absolute Gasteiger partial charge is 0.328 e. The van der Waals surface area contributed by atoms with Crippen LogP contribution >= 0.6 is 11.8 Å².